The van der Waals surface area contributed by atoms with E-state index >= 15 is 0 Å². The van der Waals surface area contributed by atoms with E-state index < -0.39 is 0 Å². The highest BCUT2D eigenvalue weighted by molar-refractivity contribution is 4.64. The van der Waals surface area contributed by atoms with Gasteiger partial charge in [0.05, 0.1) is 0 Å². The third-order valence-corrected chi connectivity index (χ3v) is 5.85. The minimum atomic E-state index is 0.789. The molecule has 0 spiro atoms. The van der Waals surface area contributed by atoms with Gasteiger partial charge >= 0.3 is 0 Å². The Balaban J connectivity index is 0. The van der Waals surface area contributed by atoms with Crippen LogP contribution in [0.5, 0.6) is 0 Å². The highest BCUT2D eigenvalue weighted by atomic mass is 15.1. The molecule has 2 heteroatoms. The van der Waals surface area contributed by atoms with Gasteiger partial charge in [-0.25, -0.2) is 0 Å². The number of unbranched alkanes of at least 4 members (excludes halogenated alkanes) is 9. The van der Waals surface area contributed by atoms with Crippen molar-refractivity contribution in [2.45, 2.75) is 139 Å². The first kappa shape index (κ1) is 34.1. The summed E-state index contributed by atoms with van der Waals surface area (Å²) in [5.74, 6) is 2.37. The zero-order valence-electron chi connectivity index (χ0n) is 24.4. The molecule has 2 nitrogen and oxygen atoms in total. The van der Waals surface area contributed by atoms with Crippen molar-refractivity contribution in [1.29, 1.82) is 0 Å². The molecule has 0 atom stereocenters. The number of nitrogens with zero attached hydrogens (tertiary/aromatic N) is 2. The molecule has 0 heterocycles. The summed E-state index contributed by atoms with van der Waals surface area (Å²) in [6, 6.07) is 0. The van der Waals surface area contributed by atoms with Crippen LogP contribution >= 0.6 is 0 Å². The fourth-order valence-corrected chi connectivity index (χ4v) is 4.39. The summed E-state index contributed by atoms with van der Waals surface area (Å²) in [5.41, 5.74) is 0. The van der Waals surface area contributed by atoms with Gasteiger partial charge in [0, 0.05) is 19.6 Å². The maximum atomic E-state index is 2.74. The quantitative estimate of drug-likeness (QED) is 0.159. The van der Waals surface area contributed by atoms with Crippen LogP contribution in [0.1, 0.15) is 139 Å². The van der Waals surface area contributed by atoms with E-state index in [0.717, 1.165) is 17.8 Å². The lowest BCUT2D eigenvalue weighted by Gasteiger charge is -2.27. The van der Waals surface area contributed by atoms with E-state index in [4.69, 9.17) is 0 Å². The van der Waals surface area contributed by atoms with Crippen LogP contribution in [-0.2, 0) is 0 Å². The van der Waals surface area contributed by atoms with E-state index in [1.807, 2.05) is 0 Å². The largest absolute Gasteiger partial charge is 0.303 e. The Morgan fingerprint density at radius 2 is 0.656 bits per heavy atom. The molecule has 0 bridgehead atoms. The lowest BCUT2D eigenvalue weighted by Crippen LogP contribution is -2.34. The summed E-state index contributed by atoms with van der Waals surface area (Å²) >= 11 is 0. The normalized spacial score (nSPS) is 11.8. The van der Waals surface area contributed by atoms with Gasteiger partial charge in [-0.2, -0.15) is 0 Å². The zero-order valence-corrected chi connectivity index (χ0v) is 24.4. The Morgan fingerprint density at radius 3 is 0.875 bits per heavy atom. The number of hydrogen-bond acceptors (Lipinski definition) is 2. The maximum Gasteiger partial charge on any atom is 0.000461 e. The Hall–Kier alpha value is -0.0800. The molecule has 0 aromatic carbocycles. The van der Waals surface area contributed by atoms with Crippen molar-refractivity contribution in [2.24, 2.45) is 17.8 Å². The van der Waals surface area contributed by atoms with Crippen LogP contribution in [0.2, 0.25) is 0 Å². The second kappa shape index (κ2) is 25.5. The van der Waals surface area contributed by atoms with Gasteiger partial charge in [-0.3, -0.25) is 0 Å². The molecular weight excluding hydrogens is 388 g/mol. The fourth-order valence-electron chi connectivity index (χ4n) is 4.39. The summed E-state index contributed by atoms with van der Waals surface area (Å²) < 4.78 is 0. The Bertz CT molecular complexity index is 285. The third kappa shape index (κ3) is 28.0. The molecular formula is C30H66N2. The smallest absolute Gasteiger partial charge is 0.000461 e. The molecule has 0 aromatic heterocycles. The SMILES string of the molecule is CC(C)CN(CC(C)C)CC(C)C.CCCCCCN(CCCCCC)CCCCCC. The molecule has 196 valence electrons. The van der Waals surface area contributed by atoms with Gasteiger partial charge in [-0.1, -0.05) is 120 Å². The lowest BCUT2D eigenvalue weighted by atomic mass is 10.1. The van der Waals surface area contributed by atoms with E-state index in [1.54, 1.807) is 0 Å². The zero-order chi connectivity index (χ0) is 24.6. The topological polar surface area (TPSA) is 6.48 Å². The van der Waals surface area contributed by atoms with Crippen molar-refractivity contribution in [3.05, 3.63) is 0 Å². The van der Waals surface area contributed by atoms with E-state index in [9.17, 15) is 0 Å². The number of hydrogen-bond donors (Lipinski definition) is 0. The molecule has 0 radical (unpaired) electrons. The molecule has 0 aromatic rings. The van der Waals surface area contributed by atoms with Crippen LogP contribution in [0.3, 0.4) is 0 Å². The third-order valence-electron chi connectivity index (χ3n) is 5.85. The van der Waals surface area contributed by atoms with Gasteiger partial charge in [0.2, 0.25) is 0 Å². The van der Waals surface area contributed by atoms with Gasteiger partial charge in [-0.05, 0) is 56.7 Å². The van der Waals surface area contributed by atoms with Crippen LogP contribution in [0, 0.1) is 17.8 Å². The van der Waals surface area contributed by atoms with Crippen molar-refractivity contribution < 1.29 is 0 Å². The molecule has 0 aliphatic carbocycles. The standard InChI is InChI=1S/C18H39N.C12H27N/c1-4-7-10-13-16-19(17-14-11-8-5-2)18-15-12-9-6-3;1-10(2)7-13(8-11(3)4)9-12(5)6/h4-18H2,1-3H3;10-12H,7-9H2,1-6H3. The van der Waals surface area contributed by atoms with Crippen LogP contribution in [0.15, 0.2) is 0 Å². The lowest BCUT2D eigenvalue weighted by molar-refractivity contribution is 0.198. The molecule has 0 N–H and O–H groups in total. The maximum absolute atomic E-state index is 2.74. The summed E-state index contributed by atoms with van der Waals surface area (Å²) in [5, 5.41) is 0. The second-order valence-electron chi connectivity index (χ2n) is 11.4. The predicted octanol–water partition coefficient (Wildman–Crippen LogP) is 9.29. The monoisotopic (exact) mass is 455 g/mol. The molecule has 0 saturated heterocycles. The average molecular weight is 455 g/mol. The van der Waals surface area contributed by atoms with Crippen LogP contribution < -0.4 is 0 Å². The number of rotatable bonds is 21. The van der Waals surface area contributed by atoms with Gasteiger partial charge < -0.3 is 9.80 Å². The van der Waals surface area contributed by atoms with Gasteiger partial charge in [0.15, 0.2) is 0 Å². The van der Waals surface area contributed by atoms with E-state index in [-0.39, 0.29) is 0 Å². The predicted molar refractivity (Wildman–Crippen MR) is 150 cm³/mol. The van der Waals surface area contributed by atoms with E-state index in [2.05, 4.69) is 72.1 Å². The summed E-state index contributed by atoms with van der Waals surface area (Å²) in [6.45, 7) is 28.5. The van der Waals surface area contributed by atoms with Crippen LogP contribution in [0.4, 0.5) is 0 Å². The van der Waals surface area contributed by atoms with Crippen molar-refractivity contribution >= 4 is 0 Å². The fraction of sp³-hybridized carbons (Fsp3) is 1.00. The summed E-state index contributed by atoms with van der Waals surface area (Å²) in [4.78, 5) is 5.33. The van der Waals surface area contributed by atoms with Crippen LogP contribution in [0.25, 0.3) is 0 Å². The summed E-state index contributed by atoms with van der Waals surface area (Å²) in [7, 11) is 0. The highest BCUT2D eigenvalue weighted by Crippen LogP contribution is 2.08. The molecule has 0 aliphatic heterocycles. The molecule has 0 rings (SSSR count). The van der Waals surface area contributed by atoms with Gasteiger partial charge in [0.25, 0.3) is 0 Å². The van der Waals surface area contributed by atoms with Crippen molar-refractivity contribution in [3.8, 4) is 0 Å². The van der Waals surface area contributed by atoms with Crippen molar-refractivity contribution in [1.82, 2.24) is 9.80 Å². The first-order valence-corrected chi connectivity index (χ1v) is 14.7. The molecule has 32 heavy (non-hydrogen) atoms. The van der Waals surface area contributed by atoms with E-state index in [0.29, 0.717) is 0 Å². The molecule has 0 saturated carbocycles. The highest BCUT2D eigenvalue weighted by Gasteiger charge is 2.10. The Kier molecular flexibility index (Phi) is 27.2. The molecule has 0 amide bonds. The van der Waals surface area contributed by atoms with E-state index in [1.165, 1.54) is 116 Å². The van der Waals surface area contributed by atoms with Crippen molar-refractivity contribution in [3.63, 3.8) is 0 Å². The molecule has 0 fully saturated rings. The minimum Gasteiger partial charge on any atom is -0.303 e. The van der Waals surface area contributed by atoms with Crippen molar-refractivity contribution in [2.75, 3.05) is 39.3 Å². The second-order valence-corrected chi connectivity index (χ2v) is 11.4. The van der Waals surface area contributed by atoms with Crippen LogP contribution in [-0.4, -0.2) is 49.1 Å². The first-order chi connectivity index (χ1) is 15.3. The summed E-state index contributed by atoms with van der Waals surface area (Å²) in [6.07, 6.45) is 16.8. The molecule has 0 unspecified atom stereocenters. The average Bonchev–Trinajstić information content (AvgIpc) is 2.70. The Labute approximate surface area is 206 Å². The van der Waals surface area contributed by atoms with Gasteiger partial charge in [0.1, 0.15) is 0 Å². The van der Waals surface area contributed by atoms with Gasteiger partial charge in [-0.15, -0.1) is 0 Å². The molecule has 0 aliphatic rings. The Morgan fingerprint density at radius 1 is 0.375 bits per heavy atom. The minimum absolute atomic E-state index is 0.789. The first-order valence-electron chi connectivity index (χ1n) is 14.7.